The van der Waals surface area contributed by atoms with Gasteiger partial charge in [0.15, 0.2) is 0 Å². The maximum absolute atomic E-state index is 11.2. The lowest BCUT2D eigenvalue weighted by Crippen LogP contribution is -2.34. The maximum Gasteiger partial charge on any atom is 0.306 e. The Hall–Kier alpha value is -0.530. The highest BCUT2D eigenvalue weighted by Crippen LogP contribution is 2.39. The summed E-state index contributed by atoms with van der Waals surface area (Å²) < 4.78 is 0. The highest BCUT2D eigenvalue weighted by molar-refractivity contribution is 5.70. The lowest BCUT2D eigenvalue weighted by atomic mass is 9.68. The van der Waals surface area contributed by atoms with Crippen molar-refractivity contribution in [1.82, 2.24) is 0 Å². The smallest absolute Gasteiger partial charge is 0.306 e. The Morgan fingerprint density at radius 1 is 1.33 bits per heavy atom. The van der Waals surface area contributed by atoms with Crippen molar-refractivity contribution in [2.45, 2.75) is 52.9 Å². The molecular formula is C13H24O2. The third kappa shape index (κ3) is 2.96. The second-order valence-corrected chi connectivity index (χ2v) is 5.21. The average molecular weight is 212 g/mol. The molecule has 0 radical (unpaired) electrons. The van der Waals surface area contributed by atoms with Crippen LogP contribution in [0.3, 0.4) is 0 Å². The van der Waals surface area contributed by atoms with Crippen LogP contribution in [0.25, 0.3) is 0 Å². The Balaban J connectivity index is 2.73. The molecule has 1 saturated carbocycles. The molecule has 15 heavy (non-hydrogen) atoms. The minimum atomic E-state index is -0.571. The van der Waals surface area contributed by atoms with Crippen LogP contribution in [0, 0.1) is 23.7 Å². The average Bonchev–Trinajstić information content (AvgIpc) is 2.18. The fourth-order valence-corrected chi connectivity index (χ4v) is 3.25. The van der Waals surface area contributed by atoms with Crippen LogP contribution >= 0.6 is 0 Å². The Labute approximate surface area is 93.1 Å². The van der Waals surface area contributed by atoms with Crippen LogP contribution in [-0.4, -0.2) is 11.1 Å². The zero-order valence-corrected chi connectivity index (χ0v) is 10.2. The van der Waals surface area contributed by atoms with E-state index in [1.807, 2.05) is 0 Å². The van der Waals surface area contributed by atoms with Crippen LogP contribution in [0.1, 0.15) is 52.9 Å². The van der Waals surface area contributed by atoms with Crippen LogP contribution < -0.4 is 0 Å². The van der Waals surface area contributed by atoms with E-state index in [2.05, 4.69) is 20.8 Å². The van der Waals surface area contributed by atoms with E-state index in [4.69, 9.17) is 0 Å². The van der Waals surface area contributed by atoms with E-state index in [0.29, 0.717) is 17.8 Å². The quantitative estimate of drug-likeness (QED) is 0.773. The summed E-state index contributed by atoms with van der Waals surface area (Å²) in [7, 11) is 0. The Morgan fingerprint density at radius 3 is 2.40 bits per heavy atom. The van der Waals surface area contributed by atoms with Gasteiger partial charge in [0.1, 0.15) is 0 Å². The van der Waals surface area contributed by atoms with Gasteiger partial charge in [0, 0.05) is 0 Å². The lowest BCUT2D eigenvalue weighted by Gasteiger charge is -2.36. The number of hydrogen-bond donors (Lipinski definition) is 1. The van der Waals surface area contributed by atoms with Crippen molar-refractivity contribution in [2.75, 3.05) is 0 Å². The van der Waals surface area contributed by atoms with Crippen LogP contribution in [0.2, 0.25) is 0 Å². The molecule has 0 aliphatic heterocycles. The van der Waals surface area contributed by atoms with Crippen LogP contribution in [0.5, 0.6) is 0 Å². The molecule has 1 aliphatic rings. The van der Waals surface area contributed by atoms with Crippen LogP contribution in [0.4, 0.5) is 0 Å². The van der Waals surface area contributed by atoms with E-state index in [0.717, 1.165) is 25.7 Å². The molecule has 0 aromatic heterocycles. The van der Waals surface area contributed by atoms with Crippen molar-refractivity contribution >= 4 is 5.97 Å². The molecule has 0 bridgehead atoms. The second-order valence-electron chi connectivity index (χ2n) is 5.21. The highest BCUT2D eigenvalue weighted by atomic mass is 16.4. The van der Waals surface area contributed by atoms with Gasteiger partial charge in [0.25, 0.3) is 0 Å². The molecule has 1 aliphatic carbocycles. The summed E-state index contributed by atoms with van der Waals surface area (Å²) in [5.74, 6) is 0.970. The molecule has 0 amide bonds. The first-order chi connectivity index (χ1) is 7.07. The van der Waals surface area contributed by atoms with E-state index < -0.39 is 5.97 Å². The zero-order chi connectivity index (χ0) is 11.4. The van der Waals surface area contributed by atoms with E-state index in [1.165, 1.54) is 6.42 Å². The fraction of sp³-hybridized carbons (Fsp3) is 0.923. The SMILES string of the molecule is CCC(C(C)C)C1CCCCC1C(=O)O. The van der Waals surface area contributed by atoms with Gasteiger partial charge in [-0.15, -0.1) is 0 Å². The number of carboxylic acids is 1. The van der Waals surface area contributed by atoms with Gasteiger partial charge in [0.2, 0.25) is 0 Å². The molecule has 1 rings (SSSR count). The topological polar surface area (TPSA) is 37.3 Å². The van der Waals surface area contributed by atoms with Gasteiger partial charge >= 0.3 is 5.97 Å². The third-order valence-electron chi connectivity index (χ3n) is 4.01. The van der Waals surface area contributed by atoms with Crippen LogP contribution in [0.15, 0.2) is 0 Å². The molecule has 88 valence electrons. The normalized spacial score (nSPS) is 29.1. The van der Waals surface area contributed by atoms with Crippen molar-refractivity contribution in [3.8, 4) is 0 Å². The first-order valence-corrected chi connectivity index (χ1v) is 6.30. The molecule has 0 saturated heterocycles. The minimum absolute atomic E-state index is 0.0777. The summed E-state index contributed by atoms with van der Waals surface area (Å²) in [5.41, 5.74) is 0. The lowest BCUT2D eigenvalue weighted by molar-refractivity contribution is -0.146. The Morgan fingerprint density at radius 2 is 1.93 bits per heavy atom. The fourth-order valence-electron chi connectivity index (χ4n) is 3.25. The number of carbonyl (C=O) groups is 1. The summed E-state index contributed by atoms with van der Waals surface area (Å²) >= 11 is 0. The summed E-state index contributed by atoms with van der Waals surface area (Å²) in [6.07, 6.45) is 5.45. The molecule has 0 aromatic carbocycles. The first-order valence-electron chi connectivity index (χ1n) is 6.30. The van der Waals surface area contributed by atoms with Gasteiger partial charge in [-0.3, -0.25) is 4.79 Å². The number of aliphatic carboxylic acids is 1. The van der Waals surface area contributed by atoms with Crippen LogP contribution in [-0.2, 0) is 4.79 Å². The summed E-state index contributed by atoms with van der Waals surface area (Å²) in [6, 6.07) is 0. The van der Waals surface area contributed by atoms with E-state index in [1.54, 1.807) is 0 Å². The molecule has 3 unspecified atom stereocenters. The van der Waals surface area contributed by atoms with Gasteiger partial charge in [-0.25, -0.2) is 0 Å². The molecule has 0 spiro atoms. The molecule has 3 atom stereocenters. The van der Waals surface area contributed by atoms with Gasteiger partial charge in [0.05, 0.1) is 5.92 Å². The molecular weight excluding hydrogens is 188 g/mol. The van der Waals surface area contributed by atoms with Crippen molar-refractivity contribution in [1.29, 1.82) is 0 Å². The zero-order valence-electron chi connectivity index (χ0n) is 10.2. The second kappa shape index (κ2) is 5.53. The van der Waals surface area contributed by atoms with Gasteiger partial charge in [-0.05, 0) is 30.6 Å². The molecule has 1 N–H and O–H groups in total. The molecule has 0 aromatic rings. The van der Waals surface area contributed by atoms with Gasteiger partial charge in [-0.2, -0.15) is 0 Å². The predicted octanol–water partition coefficient (Wildman–Crippen LogP) is 3.56. The monoisotopic (exact) mass is 212 g/mol. The van der Waals surface area contributed by atoms with Gasteiger partial charge in [-0.1, -0.05) is 40.0 Å². The first kappa shape index (κ1) is 12.5. The summed E-state index contributed by atoms with van der Waals surface area (Å²) in [4.78, 5) is 11.2. The number of hydrogen-bond acceptors (Lipinski definition) is 1. The highest BCUT2D eigenvalue weighted by Gasteiger charge is 2.36. The minimum Gasteiger partial charge on any atom is -0.481 e. The van der Waals surface area contributed by atoms with E-state index in [-0.39, 0.29) is 5.92 Å². The van der Waals surface area contributed by atoms with Crippen molar-refractivity contribution < 1.29 is 9.90 Å². The molecule has 2 nitrogen and oxygen atoms in total. The summed E-state index contributed by atoms with van der Waals surface area (Å²) in [5, 5.41) is 9.23. The Bertz CT molecular complexity index is 211. The van der Waals surface area contributed by atoms with Crippen molar-refractivity contribution in [3.05, 3.63) is 0 Å². The largest absolute Gasteiger partial charge is 0.481 e. The van der Waals surface area contributed by atoms with E-state index in [9.17, 15) is 9.90 Å². The number of carboxylic acid groups (broad SMARTS) is 1. The Kier molecular flexibility index (Phi) is 4.62. The molecule has 2 heteroatoms. The van der Waals surface area contributed by atoms with Crippen molar-refractivity contribution in [3.63, 3.8) is 0 Å². The van der Waals surface area contributed by atoms with E-state index >= 15 is 0 Å². The predicted molar refractivity (Wildman–Crippen MR) is 61.7 cm³/mol. The standard InChI is InChI=1S/C13H24O2/c1-4-10(9(2)3)11-7-5-6-8-12(11)13(14)15/h9-12H,4-8H2,1-3H3,(H,14,15). The molecule has 1 fully saturated rings. The summed E-state index contributed by atoms with van der Waals surface area (Å²) in [6.45, 7) is 6.64. The molecule has 0 heterocycles. The van der Waals surface area contributed by atoms with Gasteiger partial charge < -0.3 is 5.11 Å². The third-order valence-corrected chi connectivity index (χ3v) is 4.01. The number of rotatable bonds is 4. The van der Waals surface area contributed by atoms with Crippen molar-refractivity contribution in [2.24, 2.45) is 23.7 Å². The maximum atomic E-state index is 11.2.